The molecule has 1 aromatic rings. The van der Waals surface area contributed by atoms with Gasteiger partial charge < -0.3 is 10.6 Å². The lowest BCUT2D eigenvalue weighted by molar-refractivity contribution is 0.101. The standard InChI is InChI=1S/C16H26N2O/c1-5-7-10-18(12(3)6-2)14-8-9-15(13(4)19)16(17)11-14/h8-9,11-12H,5-7,10,17H2,1-4H3. The molecule has 0 radical (unpaired) electrons. The van der Waals surface area contributed by atoms with Gasteiger partial charge in [0, 0.05) is 29.5 Å². The second-order valence-corrected chi connectivity index (χ2v) is 5.13. The van der Waals surface area contributed by atoms with Crippen LogP contribution >= 0.6 is 0 Å². The van der Waals surface area contributed by atoms with Crippen molar-refractivity contribution in [3.05, 3.63) is 23.8 Å². The second-order valence-electron chi connectivity index (χ2n) is 5.13. The van der Waals surface area contributed by atoms with Crippen LogP contribution in [0.15, 0.2) is 18.2 Å². The van der Waals surface area contributed by atoms with E-state index in [0.29, 0.717) is 17.3 Å². The molecule has 0 saturated carbocycles. The largest absolute Gasteiger partial charge is 0.398 e. The van der Waals surface area contributed by atoms with E-state index in [0.717, 1.165) is 18.7 Å². The second kappa shape index (κ2) is 7.17. The van der Waals surface area contributed by atoms with Crippen LogP contribution in [0.1, 0.15) is 57.3 Å². The highest BCUT2D eigenvalue weighted by Crippen LogP contribution is 2.24. The molecule has 0 amide bonds. The number of anilines is 2. The minimum atomic E-state index is 0.0210. The molecule has 19 heavy (non-hydrogen) atoms. The quantitative estimate of drug-likeness (QED) is 0.599. The molecule has 0 aromatic heterocycles. The van der Waals surface area contributed by atoms with Crippen molar-refractivity contribution in [1.29, 1.82) is 0 Å². The zero-order valence-corrected chi connectivity index (χ0v) is 12.6. The molecule has 1 atom stereocenters. The van der Waals surface area contributed by atoms with Gasteiger partial charge in [-0.25, -0.2) is 0 Å². The molecule has 0 bridgehead atoms. The number of rotatable bonds is 7. The SMILES string of the molecule is CCCCN(c1ccc(C(C)=O)c(N)c1)C(C)CC. The summed E-state index contributed by atoms with van der Waals surface area (Å²) < 4.78 is 0. The van der Waals surface area contributed by atoms with Crippen molar-refractivity contribution in [2.75, 3.05) is 17.2 Å². The van der Waals surface area contributed by atoms with Gasteiger partial charge in [0.1, 0.15) is 0 Å². The van der Waals surface area contributed by atoms with Gasteiger partial charge in [-0.3, -0.25) is 4.79 Å². The molecule has 3 nitrogen and oxygen atoms in total. The van der Waals surface area contributed by atoms with E-state index < -0.39 is 0 Å². The Hall–Kier alpha value is -1.51. The normalized spacial score (nSPS) is 12.2. The summed E-state index contributed by atoms with van der Waals surface area (Å²) in [6.45, 7) is 9.20. The Labute approximate surface area is 116 Å². The minimum Gasteiger partial charge on any atom is -0.398 e. The fourth-order valence-electron chi connectivity index (χ4n) is 2.20. The lowest BCUT2D eigenvalue weighted by Gasteiger charge is -2.31. The Kier molecular flexibility index (Phi) is 5.87. The molecule has 0 aliphatic rings. The van der Waals surface area contributed by atoms with Crippen molar-refractivity contribution in [3.63, 3.8) is 0 Å². The number of ketones is 1. The Morgan fingerprint density at radius 2 is 2.05 bits per heavy atom. The van der Waals surface area contributed by atoms with Crippen molar-refractivity contribution < 1.29 is 4.79 Å². The van der Waals surface area contributed by atoms with Crippen molar-refractivity contribution in [2.45, 2.75) is 53.0 Å². The van der Waals surface area contributed by atoms with E-state index in [2.05, 4.69) is 25.7 Å². The van der Waals surface area contributed by atoms with Crippen LogP contribution in [0.2, 0.25) is 0 Å². The van der Waals surface area contributed by atoms with Crippen molar-refractivity contribution in [1.82, 2.24) is 0 Å². The maximum atomic E-state index is 11.4. The van der Waals surface area contributed by atoms with Gasteiger partial charge in [0.2, 0.25) is 0 Å². The monoisotopic (exact) mass is 262 g/mol. The van der Waals surface area contributed by atoms with E-state index >= 15 is 0 Å². The predicted molar refractivity (Wildman–Crippen MR) is 82.9 cm³/mol. The van der Waals surface area contributed by atoms with Crippen LogP contribution in [0.4, 0.5) is 11.4 Å². The lowest BCUT2D eigenvalue weighted by atomic mass is 10.1. The molecule has 1 rings (SSSR count). The molecule has 3 heteroatoms. The van der Waals surface area contributed by atoms with E-state index in [4.69, 9.17) is 5.73 Å². The van der Waals surface area contributed by atoms with E-state index in [1.165, 1.54) is 12.8 Å². The molecule has 0 saturated heterocycles. The van der Waals surface area contributed by atoms with Crippen LogP contribution in [0, 0.1) is 0 Å². The predicted octanol–water partition coefficient (Wildman–Crippen LogP) is 3.88. The third kappa shape index (κ3) is 3.98. The lowest BCUT2D eigenvalue weighted by Crippen LogP contribution is -2.33. The molecule has 2 N–H and O–H groups in total. The number of nitrogen functional groups attached to an aromatic ring is 1. The van der Waals surface area contributed by atoms with Crippen LogP contribution in [-0.4, -0.2) is 18.4 Å². The van der Waals surface area contributed by atoms with E-state index in [1.54, 1.807) is 6.92 Å². The first-order valence-corrected chi connectivity index (χ1v) is 7.18. The fraction of sp³-hybridized carbons (Fsp3) is 0.562. The average molecular weight is 262 g/mol. The zero-order valence-electron chi connectivity index (χ0n) is 12.6. The third-order valence-corrected chi connectivity index (χ3v) is 3.62. The van der Waals surface area contributed by atoms with Gasteiger partial charge in [-0.05, 0) is 44.9 Å². The molecule has 1 unspecified atom stereocenters. The summed E-state index contributed by atoms with van der Waals surface area (Å²) in [6.07, 6.45) is 3.44. The average Bonchev–Trinajstić information content (AvgIpc) is 2.38. The van der Waals surface area contributed by atoms with Crippen molar-refractivity contribution >= 4 is 17.2 Å². The molecule has 1 aromatic carbocycles. The van der Waals surface area contributed by atoms with E-state index in [1.807, 2.05) is 18.2 Å². The van der Waals surface area contributed by atoms with E-state index in [9.17, 15) is 4.79 Å². The number of Topliss-reactive ketones (excluding diaryl/α,β-unsaturated/α-hetero) is 1. The summed E-state index contributed by atoms with van der Waals surface area (Å²) in [5, 5.41) is 0. The van der Waals surface area contributed by atoms with Gasteiger partial charge in [0.15, 0.2) is 5.78 Å². The van der Waals surface area contributed by atoms with Gasteiger partial charge in [-0.1, -0.05) is 20.3 Å². The van der Waals surface area contributed by atoms with Gasteiger partial charge >= 0.3 is 0 Å². The van der Waals surface area contributed by atoms with Gasteiger partial charge in [0.25, 0.3) is 0 Å². The summed E-state index contributed by atoms with van der Waals surface area (Å²) in [6, 6.07) is 6.26. The maximum absolute atomic E-state index is 11.4. The van der Waals surface area contributed by atoms with E-state index in [-0.39, 0.29) is 5.78 Å². The van der Waals surface area contributed by atoms with Crippen molar-refractivity contribution in [2.24, 2.45) is 0 Å². The number of nitrogens with zero attached hydrogens (tertiary/aromatic N) is 1. The Morgan fingerprint density at radius 3 is 2.53 bits per heavy atom. The van der Waals surface area contributed by atoms with Gasteiger partial charge in [0.05, 0.1) is 0 Å². The van der Waals surface area contributed by atoms with Crippen molar-refractivity contribution in [3.8, 4) is 0 Å². The number of unbranched alkanes of at least 4 members (excludes halogenated alkanes) is 1. The summed E-state index contributed by atoms with van der Waals surface area (Å²) in [5.74, 6) is 0.0210. The first-order chi connectivity index (χ1) is 9.01. The summed E-state index contributed by atoms with van der Waals surface area (Å²) in [4.78, 5) is 13.8. The summed E-state index contributed by atoms with van der Waals surface area (Å²) in [5.41, 5.74) is 8.29. The van der Waals surface area contributed by atoms with Crippen LogP contribution in [0.3, 0.4) is 0 Å². The summed E-state index contributed by atoms with van der Waals surface area (Å²) >= 11 is 0. The molecule has 0 aliphatic heterocycles. The number of hydrogen-bond acceptors (Lipinski definition) is 3. The highest BCUT2D eigenvalue weighted by atomic mass is 16.1. The van der Waals surface area contributed by atoms with Crippen LogP contribution in [0.25, 0.3) is 0 Å². The molecule has 0 fully saturated rings. The highest BCUT2D eigenvalue weighted by Gasteiger charge is 2.14. The van der Waals surface area contributed by atoms with Crippen LogP contribution in [0.5, 0.6) is 0 Å². The fourth-order valence-corrected chi connectivity index (χ4v) is 2.20. The molecular formula is C16H26N2O. The Bertz CT molecular complexity index is 429. The minimum absolute atomic E-state index is 0.0210. The first-order valence-electron chi connectivity index (χ1n) is 7.18. The first kappa shape index (κ1) is 15.5. The number of nitrogens with two attached hydrogens (primary N) is 1. The molecule has 106 valence electrons. The number of hydrogen-bond donors (Lipinski definition) is 1. The number of carbonyl (C=O) groups is 1. The van der Waals surface area contributed by atoms with Gasteiger partial charge in [-0.15, -0.1) is 0 Å². The van der Waals surface area contributed by atoms with Gasteiger partial charge in [-0.2, -0.15) is 0 Å². The smallest absolute Gasteiger partial charge is 0.161 e. The molecular weight excluding hydrogens is 236 g/mol. The molecule has 0 aliphatic carbocycles. The molecule has 0 heterocycles. The highest BCUT2D eigenvalue weighted by molar-refractivity contribution is 5.99. The third-order valence-electron chi connectivity index (χ3n) is 3.62. The maximum Gasteiger partial charge on any atom is 0.161 e. The molecule has 0 spiro atoms. The number of carbonyl (C=O) groups excluding carboxylic acids is 1. The Balaban J connectivity index is 3.02. The van der Waals surface area contributed by atoms with Crippen LogP contribution < -0.4 is 10.6 Å². The number of benzene rings is 1. The topological polar surface area (TPSA) is 46.3 Å². The Morgan fingerprint density at radius 1 is 1.37 bits per heavy atom. The zero-order chi connectivity index (χ0) is 14.4. The summed E-state index contributed by atoms with van der Waals surface area (Å²) in [7, 11) is 0. The van der Waals surface area contributed by atoms with Crippen LogP contribution in [-0.2, 0) is 0 Å².